The highest BCUT2D eigenvalue weighted by Crippen LogP contribution is 2.24. The largest absolute Gasteiger partial charge is 0.444 e. The van der Waals surface area contributed by atoms with Gasteiger partial charge in [-0.1, -0.05) is 26.0 Å². The van der Waals surface area contributed by atoms with Crippen molar-refractivity contribution in [3.05, 3.63) is 12.2 Å². The molecule has 0 bridgehead atoms. The zero-order valence-electron chi connectivity index (χ0n) is 13.0. The van der Waals surface area contributed by atoms with Crippen LogP contribution in [0.3, 0.4) is 0 Å². The van der Waals surface area contributed by atoms with Gasteiger partial charge in [-0.3, -0.25) is 0 Å². The van der Waals surface area contributed by atoms with Gasteiger partial charge < -0.3 is 10.1 Å². The lowest BCUT2D eigenvalue weighted by molar-refractivity contribution is 0.0483. The Morgan fingerprint density at radius 2 is 2.11 bits per heavy atom. The van der Waals surface area contributed by atoms with E-state index in [1.165, 1.54) is 6.42 Å². The third-order valence-electron chi connectivity index (χ3n) is 3.24. The Morgan fingerprint density at radius 1 is 1.42 bits per heavy atom. The number of carbonyl (C=O) groups excluding carboxylic acids is 1. The second-order valence-corrected chi connectivity index (χ2v) is 6.91. The lowest BCUT2D eigenvalue weighted by Crippen LogP contribution is -2.43. The van der Waals surface area contributed by atoms with Crippen molar-refractivity contribution in [3.8, 4) is 0 Å². The van der Waals surface area contributed by atoms with Crippen molar-refractivity contribution in [2.45, 2.75) is 71.9 Å². The zero-order chi connectivity index (χ0) is 14.5. The van der Waals surface area contributed by atoms with E-state index < -0.39 is 5.60 Å². The summed E-state index contributed by atoms with van der Waals surface area (Å²) in [6, 6.07) is 0.186. The summed E-state index contributed by atoms with van der Waals surface area (Å²) in [7, 11) is 0. The smallest absolute Gasteiger partial charge is 0.407 e. The van der Waals surface area contributed by atoms with E-state index in [1.807, 2.05) is 20.8 Å². The molecule has 0 unspecified atom stereocenters. The van der Waals surface area contributed by atoms with Crippen molar-refractivity contribution < 1.29 is 9.53 Å². The van der Waals surface area contributed by atoms with E-state index in [2.05, 4.69) is 31.3 Å². The van der Waals surface area contributed by atoms with Crippen molar-refractivity contribution >= 4 is 6.09 Å². The molecule has 0 heterocycles. The van der Waals surface area contributed by atoms with Crippen LogP contribution in [-0.4, -0.2) is 17.7 Å². The van der Waals surface area contributed by atoms with Crippen LogP contribution in [0.15, 0.2) is 12.2 Å². The number of rotatable bonds is 4. The molecule has 0 radical (unpaired) electrons. The highest BCUT2D eigenvalue weighted by molar-refractivity contribution is 5.68. The van der Waals surface area contributed by atoms with Crippen molar-refractivity contribution in [1.82, 2.24) is 5.32 Å². The monoisotopic (exact) mass is 267 g/mol. The van der Waals surface area contributed by atoms with Crippen LogP contribution < -0.4 is 5.32 Å². The van der Waals surface area contributed by atoms with Crippen LogP contribution >= 0.6 is 0 Å². The summed E-state index contributed by atoms with van der Waals surface area (Å²) in [6.07, 6.45) is 8.73. The first-order valence-electron chi connectivity index (χ1n) is 7.44. The van der Waals surface area contributed by atoms with Gasteiger partial charge in [0.1, 0.15) is 5.60 Å². The Balaban J connectivity index is 2.61. The molecule has 110 valence electrons. The van der Waals surface area contributed by atoms with Gasteiger partial charge in [0.2, 0.25) is 0 Å². The van der Waals surface area contributed by atoms with E-state index in [-0.39, 0.29) is 12.1 Å². The van der Waals surface area contributed by atoms with E-state index in [1.54, 1.807) is 0 Å². The maximum atomic E-state index is 11.9. The minimum atomic E-state index is -0.436. The molecule has 0 aliphatic heterocycles. The van der Waals surface area contributed by atoms with E-state index in [9.17, 15) is 4.79 Å². The van der Waals surface area contributed by atoms with Crippen molar-refractivity contribution in [2.24, 2.45) is 11.8 Å². The number of alkyl carbamates (subject to hydrolysis) is 1. The first-order chi connectivity index (χ1) is 8.78. The Hall–Kier alpha value is -0.990. The van der Waals surface area contributed by atoms with Gasteiger partial charge in [-0.2, -0.15) is 0 Å². The van der Waals surface area contributed by atoms with Gasteiger partial charge in [0.25, 0.3) is 0 Å². The van der Waals surface area contributed by atoms with Gasteiger partial charge in [-0.05, 0) is 58.3 Å². The summed E-state index contributed by atoms with van der Waals surface area (Å²) in [5.74, 6) is 1.01. The number of amides is 1. The SMILES string of the molecule is CC(C)C[C@@H](NC(=O)OC(C)(C)C)[C@@H]1C=CCCC1. The Bertz CT molecular complexity index is 315. The maximum absolute atomic E-state index is 11.9. The van der Waals surface area contributed by atoms with Gasteiger partial charge in [-0.15, -0.1) is 0 Å². The molecule has 2 atom stereocenters. The molecule has 3 heteroatoms. The molecule has 1 aliphatic carbocycles. The number of nitrogens with one attached hydrogen (secondary N) is 1. The lowest BCUT2D eigenvalue weighted by atomic mass is 9.85. The minimum absolute atomic E-state index is 0.186. The Kier molecular flexibility index (Phi) is 5.89. The lowest BCUT2D eigenvalue weighted by Gasteiger charge is -2.30. The second-order valence-electron chi connectivity index (χ2n) is 6.91. The maximum Gasteiger partial charge on any atom is 0.407 e. The van der Waals surface area contributed by atoms with Crippen LogP contribution in [0.5, 0.6) is 0 Å². The summed E-state index contributed by atoms with van der Waals surface area (Å²) in [5.41, 5.74) is -0.436. The fourth-order valence-corrected chi connectivity index (χ4v) is 2.48. The van der Waals surface area contributed by atoms with Gasteiger partial charge >= 0.3 is 6.09 Å². The Morgan fingerprint density at radius 3 is 2.58 bits per heavy atom. The third-order valence-corrected chi connectivity index (χ3v) is 3.24. The van der Waals surface area contributed by atoms with Crippen LogP contribution in [0.1, 0.15) is 60.3 Å². The van der Waals surface area contributed by atoms with Crippen molar-refractivity contribution in [1.29, 1.82) is 0 Å². The van der Waals surface area contributed by atoms with Crippen LogP contribution in [0.25, 0.3) is 0 Å². The zero-order valence-corrected chi connectivity index (χ0v) is 13.0. The molecule has 0 spiro atoms. The van der Waals surface area contributed by atoms with Gasteiger partial charge in [-0.25, -0.2) is 4.79 Å². The summed E-state index contributed by atoms with van der Waals surface area (Å²) < 4.78 is 5.37. The first kappa shape index (κ1) is 16.1. The molecule has 1 rings (SSSR count). The Labute approximate surface area is 117 Å². The third kappa shape index (κ3) is 6.65. The van der Waals surface area contributed by atoms with E-state index >= 15 is 0 Å². The molecule has 0 saturated carbocycles. The standard InChI is InChI=1S/C16H29NO2/c1-12(2)11-14(13-9-7-6-8-10-13)17-15(18)19-16(3,4)5/h7,9,12-14H,6,8,10-11H2,1-5H3,(H,17,18)/t13-,14-/m1/s1. The molecule has 19 heavy (non-hydrogen) atoms. The highest BCUT2D eigenvalue weighted by atomic mass is 16.6. The number of hydrogen-bond donors (Lipinski definition) is 1. The van der Waals surface area contributed by atoms with Crippen LogP contribution in [-0.2, 0) is 4.74 Å². The first-order valence-corrected chi connectivity index (χ1v) is 7.44. The normalized spacial score (nSPS) is 21.3. The molecule has 1 amide bonds. The van der Waals surface area contributed by atoms with Crippen LogP contribution in [0.4, 0.5) is 4.79 Å². The summed E-state index contributed by atoms with van der Waals surface area (Å²) in [4.78, 5) is 11.9. The summed E-state index contributed by atoms with van der Waals surface area (Å²) in [5, 5.41) is 3.06. The fourth-order valence-electron chi connectivity index (χ4n) is 2.48. The summed E-state index contributed by atoms with van der Waals surface area (Å²) >= 11 is 0. The predicted molar refractivity (Wildman–Crippen MR) is 79.1 cm³/mol. The number of ether oxygens (including phenoxy) is 1. The fraction of sp³-hybridized carbons (Fsp3) is 0.812. The molecule has 0 aromatic heterocycles. The molecule has 1 aliphatic rings. The van der Waals surface area contributed by atoms with Gasteiger partial charge in [0.15, 0.2) is 0 Å². The number of carbonyl (C=O) groups is 1. The highest BCUT2D eigenvalue weighted by Gasteiger charge is 2.25. The second kappa shape index (κ2) is 6.97. The molecule has 3 nitrogen and oxygen atoms in total. The van der Waals surface area contributed by atoms with Crippen LogP contribution in [0, 0.1) is 11.8 Å². The average molecular weight is 267 g/mol. The molecule has 0 aromatic carbocycles. The number of hydrogen-bond acceptors (Lipinski definition) is 2. The van der Waals surface area contributed by atoms with E-state index in [0.29, 0.717) is 11.8 Å². The molecule has 0 fully saturated rings. The van der Waals surface area contributed by atoms with Gasteiger partial charge in [0.05, 0.1) is 0 Å². The molecule has 0 aromatic rings. The topological polar surface area (TPSA) is 38.3 Å². The van der Waals surface area contributed by atoms with E-state index in [0.717, 1.165) is 19.3 Å². The number of allylic oxidation sites excluding steroid dienone is 1. The van der Waals surface area contributed by atoms with E-state index in [4.69, 9.17) is 4.74 Å². The molecular formula is C16H29NO2. The quantitative estimate of drug-likeness (QED) is 0.772. The molecule has 0 saturated heterocycles. The minimum Gasteiger partial charge on any atom is -0.444 e. The summed E-state index contributed by atoms with van der Waals surface area (Å²) in [6.45, 7) is 10.1. The van der Waals surface area contributed by atoms with Gasteiger partial charge in [0, 0.05) is 6.04 Å². The van der Waals surface area contributed by atoms with Crippen molar-refractivity contribution in [2.75, 3.05) is 0 Å². The van der Waals surface area contributed by atoms with Crippen molar-refractivity contribution in [3.63, 3.8) is 0 Å². The predicted octanol–water partition coefficient (Wildman–Crippen LogP) is 4.28. The van der Waals surface area contributed by atoms with Crippen LogP contribution in [0.2, 0.25) is 0 Å². The molecule has 1 N–H and O–H groups in total. The molecular weight excluding hydrogens is 238 g/mol. The average Bonchev–Trinajstić information content (AvgIpc) is 2.26.